The number of halogens is 3. The van der Waals surface area contributed by atoms with Crippen LogP contribution in [0, 0.1) is 11.7 Å². The lowest BCUT2D eigenvalue weighted by molar-refractivity contribution is -0.115. The Bertz CT molecular complexity index is 772. The van der Waals surface area contributed by atoms with Gasteiger partial charge in [0, 0.05) is 24.6 Å². The molecule has 1 fully saturated rings. The summed E-state index contributed by atoms with van der Waals surface area (Å²) >= 11 is 0. The second kappa shape index (κ2) is 7.40. The third-order valence-corrected chi connectivity index (χ3v) is 4.67. The first-order valence-electron chi connectivity index (χ1n) is 8.60. The van der Waals surface area contributed by atoms with Crippen LogP contribution in [0.1, 0.15) is 25.3 Å². The SMILES string of the molecule is CC(Nc1ccc(F)c(NC(=O)Cc2ccccc2)c1)C1CC(F)(F)C1. The highest BCUT2D eigenvalue weighted by Gasteiger charge is 2.47. The van der Waals surface area contributed by atoms with Crippen molar-refractivity contribution in [3.63, 3.8) is 0 Å². The van der Waals surface area contributed by atoms with Crippen molar-refractivity contribution in [1.29, 1.82) is 0 Å². The summed E-state index contributed by atoms with van der Waals surface area (Å²) in [7, 11) is 0. The monoisotopic (exact) mass is 362 g/mol. The second-order valence-corrected chi connectivity index (χ2v) is 6.86. The van der Waals surface area contributed by atoms with Gasteiger partial charge in [-0.05, 0) is 36.6 Å². The van der Waals surface area contributed by atoms with Crippen LogP contribution in [0.3, 0.4) is 0 Å². The van der Waals surface area contributed by atoms with Crippen LogP contribution in [0.2, 0.25) is 0 Å². The fourth-order valence-corrected chi connectivity index (χ4v) is 3.13. The maximum Gasteiger partial charge on any atom is 0.248 e. The summed E-state index contributed by atoms with van der Waals surface area (Å²) in [6, 6.07) is 13.3. The van der Waals surface area contributed by atoms with Gasteiger partial charge in [0.1, 0.15) is 5.82 Å². The van der Waals surface area contributed by atoms with Crippen LogP contribution in [0.25, 0.3) is 0 Å². The van der Waals surface area contributed by atoms with Gasteiger partial charge in [-0.15, -0.1) is 0 Å². The third-order valence-electron chi connectivity index (χ3n) is 4.67. The summed E-state index contributed by atoms with van der Waals surface area (Å²) in [6.45, 7) is 1.83. The molecule has 1 aliphatic rings. The predicted molar refractivity (Wildman–Crippen MR) is 95.9 cm³/mol. The van der Waals surface area contributed by atoms with E-state index in [0.717, 1.165) is 5.56 Å². The van der Waals surface area contributed by atoms with E-state index in [4.69, 9.17) is 0 Å². The van der Waals surface area contributed by atoms with Crippen molar-refractivity contribution in [2.45, 2.75) is 38.2 Å². The molecule has 1 amide bonds. The molecule has 1 atom stereocenters. The Morgan fingerprint density at radius 3 is 2.54 bits per heavy atom. The average Bonchev–Trinajstić information content (AvgIpc) is 2.56. The minimum atomic E-state index is -2.57. The van der Waals surface area contributed by atoms with E-state index >= 15 is 0 Å². The molecule has 2 aromatic rings. The van der Waals surface area contributed by atoms with Gasteiger partial charge in [0.05, 0.1) is 12.1 Å². The lowest BCUT2D eigenvalue weighted by Gasteiger charge is -2.39. The van der Waals surface area contributed by atoms with Gasteiger partial charge >= 0.3 is 0 Å². The molecule has 0 bridgehead atoms. The number of hydrogen-bond acceptors (Lipinski definition) is 2. The molecule has 0 saturated heterocycles. The molecular formula is C20H21F3N2O. The van der Waals surface area contributed by atoms with Crippen LogP contribution in [-0.2, 0) is 11.2 Å². The number of nitrogens with one attached hydrogen (secondary N) is 2. The lowest BCUT2D eigenvalue weighted by Crippen LogP contribution is -2.43. The predicted octanol–water partition coefficient (Wildman–Crippen LogP) is 4.85. The number of rotatable bonds is 6. The van der Waals surface area contributed by atoms with Gasteiger partial charge in [-0.2, -0.15) is 0 Å². The van der Waals surface area contributed by atoms with Gasteiger partial charge in [0.2, 0.25) is 11.8 Å². The van der Waals surface area contributed by atoms with E-state index in [1.54, 1.807) is 0 Å². The van der Waals surface area contributed by atoms with E-state index in [1.807, 2.05) is 37.3 Å². The molecule has 0 aromatic heterocycles. The fourth-order valence-electron chi connectivity index (χ4n) is 3.13. The van der Waals surface area contributed by atoms with Crippen LogP contribution in [0.15, 0.2) is 48.5 Å². The molecule has 2 N–H and O–H groups in total. The number of carbonyl (C=O) groups excluding carboxylic acids is 1. The maximum atomic E-state index is 14.0. The standard InChI is InChI=1S/C20H21F3N2O/c1-13(15-11-20(22,23)12-15)24-16-7-8-17(21)18(10-16)25-19(26)9-14-5-3-2-4-6-14/h2-8,10,13,15,24H,9,11-12H2,1H3,(H,25,26). The highest BCUT2D eigenvalue weighted by Crippen LogP contribution is 2.44. The topological polar surface area (TPSA) is 41.1 Å². The van der Waals surface area contributed by atoms with E-state index in [-0.39, 0.29) is 42.8 Å². The maximum absolute atomic E-state index is 14.0. The number of benzene rings is 2. The highest BCUT2D eigenvalue weighted by atomic mass is 19.3. The van der Waals surface area contributed by atoms with E-state index < -0.39 is 11.7 Å². The Labute approximate surface area is 150 Å². The number of hydrogen-bond donors (Lipinski definition) is 2. The zero-order chi connectivity index (χ0) is 18.7. The van der Waals surface area contributed by atoms with Crippen LogP contribution < -0.4 is 10.6 Å². The van der Waals surface area contributed by atoms with Crippen molar-refractivity contribution in [2.75, 3.05) is 10.6 Å². The number of alkyl halides is 2. The van der Waals surface area contributed by atoms with Gasteiger partial charge in [0.25, 0.3) is 0 Å². The van der Waals surface area contributed by atoms with Gasteiger partial charge in [0.15, 0.2) is 0 Å². The second-order valence-electron chi connectivity index (χ2n) is 6.86. The summed E-state index contributed by atoms with van der Waals surface area (Å²) in [4.78, 5) is 12.1. The molecule has 0 heterocycles. The third kappa shape index (κ3) is 4.56. The van der Waals surface area contributed by atoms with Gasteiger partial charge in [-0.25, -0.2) is 13.2 Å². The van der Waals surface area contributed by atoms with E-state index in [0.29, 0.717) is 5.69 Å². The Morgan fingerprint density at radius 2 is 1.88 bits per heavy atom. The zero-order valence-electron chi connectivity index (χ0n) is 14.4. The highest BCUT2D eigenvalue weighted by molar-refractivity contribution is 5.92. The van der Waals surface area contributed by atoms with Crippen molar-refractivity contribution in [3.8, 4) is 0 Å². The first kappa shape index (κ1) is 18.3. The molecule has 2 aromatic carbocycles. The van der Waals surface area contributed by atoms with Crippen molar-refractivity contribution >= 4 is 17.3 Å². The van der Waals surface area contributed by atoms with Crippen molar-refractivity contribution in [1.82, 2.24) is 0 Å². The summed E-state index contributed by atoms with van der Waals surface area (Å²) in [6.07, 6.45) is -0.127. The van der Waals surface area contributed by atoms with Gasteiger partial charge in [-0.3, -0.25) is 4.79 Å². The summed E-state index contributed by atoms with van der Waals surface area (Å²) in [5, 5.41) is 5.69. The van der Waals surface area contributed by atoms with Gasteiger partial charge < -0.3 is 10.6 Å². The van der Waals surface area contributed by atoms with Gasteiger partial charge in [-0.1, -0.05) is 30.3 Å². The minimum absolute atomic E-state index is 0.0714. The normalized spacial score (nSPS) is 17.2. The Morgan fingerprint density at radius 1 is 1.19 bits per heavy atom. The largest absolute Gasteiger partial charge is 0.382 e. The lowest BCUT2D eigenvalue weighted by atomic mass is 9.77. The molecular weight excluding hydrogens is 341 g/mol. The summed E-state index contributed by atoms with van der Waals surface area (Å²) < 4.78 is 40.0. The average molecular weight is 362 g/mol. The smallest absolute Gasteiger partial charge is 0.248 e. The molecule has 1 unspecified atom stereocenters. The molecule has 6 heteroatoms. The molecule has 0 aliphatic heterocycles. The van der Waals surface area contributed by atoms with Crippen molar-refractivity contribution in [3.05, 3.63) is 59.9 Å². The number of anilines is 2. The van der Waals surface area contributed by atoms with E-state index in [2.05, 4.69) is 10.6 Å². The fraction of sp³-hybridized carbons (Fsp3) is 0.350. The molecule has 3 nitrogen and oxygen atoms in total. The Hall–Kier alpha value is -2.50. The Balaban J connectivity index is 1.61. The van der Waals surface area contributed by atoms with Crippen LogP contribution in [0.4, 0.5) is 24.5 Å². The van der Waals surface area contributed by atoms with Crippen LogP contribution in [-0.4, -0.2) is 17.9 Å². The number of amides is 1. The molecule has 0 radical (unpaired) electrons. The quantitative estimate of drug-likeness (QED) is 0.771. The number of carbonyl (C=O) groups is 1. The molecule has 26 heavy (non-hydrogen) atoms. The van der Waals surface area contributed by atoms with Crippen molar-refractivity contribution < 1.29 is 18.0 Å². The van der Waals surface area contributed by atoms with Crippen LogP contribution >= 0.6 is 0 Å². The minimum Gasteiger partial charge on any atom is -0.382 e. The van der Waals surface area contributed by atoms with E-state index in [9.17, 15) is 18.0 Å². The molecule has 138 valence electrons. The zero-order valence-corrected chi connectivity index (χ0v) is 14.4. The molecule has 1 saturated carbocycles. The molecule has 0 spiro atoms. The molecule has 1 aliphatic carbocycles. The van der Waals surface area contributed by atoms with E-state index in [1.165, 1.54) is 18.2 Å². The summed E-state index contributed by atoms with van der Waals surface area (Å²) in [5.74, 6) is -3.55. The first-order chi connectivity index (χ1) is 12.3. The Kier molecular flexibility index (Phi) is 5.20. The first-order valence-corrected chi connectivity index (χ1v) is 8.60. The molecule has 3 rings (SSSR count). The van der Waals surface area contributed by atoms with Crippen LogP contribution in [0.5, 0.6) is 0 Å². The van der Waals surface area contributed by atoms with Crippen molar-refractivity contribution in [2.24, 2.45) is 5.92 Å². The summed E-state index contributed by atoms with van der Waals surface area (Å²) in [5.41, 5.74) is 1.49.